The van der Waals surface area contributed by atoms with E-state index in [-0.39, 0.29) is 5.91 Å². The van der Waals surface area contributed by atoms with Gasteiger partial charge in [0.25, 0.3) is 5.91 Å². The Balaban J connectivity index is 1.37. The number of aryl methyl sites for hydroxylation is 1. The van der Waals surface area contributed by atoms with E-state index >= 15 is 0 Å². The zero-order valence-corrected chi connectivity index (χ0v) is 19.1. The Morgan fingerprint density at radius 2 is 1.94 bits per heavy atom. The van der Waals surface area contributed by atoms with Gasteiger partial charge in [-0.1, -0.05) is 36.4 Å². The van der Waals surface area contributed by atoms with Crippen LogP contribution in [-0.4, -0.2) is 38.0 Å². The molecule has 2 aromatic carbocycles. The predicted molar refractivity (Wildman–Crippen MR) is 132 cm³/mol. The van der Waals surface area contributed by atoms with E-state index in [2.05, 4.69) is 40.2 Å². The summed E-state index contributed by atoms with van der Waals surface area (Å²) in [7, 11) is 1.65. The van der Waals surface area contributed by atoms with Crippen molar-refractivity contribution in [3.05, 3.63) is 94.9 Å². The standard InChI is InChI=1S/C27H32N4O2/c1-28-26(32)23-9-4-6-20(18-23)13-15-29-27(30-16-14-25-10-5-17-33-25)31-24-12-11-21-7-2-3-8-22(21)19-24/h2-10,17-18,24H,11-16,19H2,1H3,(H,28,32)(H2,29,30,31). The highest BCUT2D eigenvalue weighted by Crippen LogP contribution is 2.21. The fraction of sp³-hybridized carbons (Fsp3) is 0.333. The van der Waals surface area contributed by atoms with E-state index in [9.17, 15) is 4.79 Å². The molecule has 0 fully saturated rings. The maximum Gasteiger partial charge on any atom is 0.251 e. The van der Waals surface area contributed by atoms with Gasteiger partial charge in [-0.15, -0.1) is 0 Å². The number of carbonyl (C=O) groups is 1. The van der Waals surface area contributed by atoms with Crippen LogP contribution >= 0.6 is 0 Å². The molecular weight excluding hydrogens is 412 g/mol. The minimum atomic E-state index is -0.0655. The zero-order chi connectivity index (χ0) is 22.9. The quantitative estimate of drug-likeness (QED) is 0.367. The summed E-state index contributed by atoms with van der Waals surface area (Å²) in [5, 5.41) is 9.81. The largest absolute Gasteiger partial charge is 0.469 e. The number of rotatable bonds is 8. The molecule has 1 amide bonds. The van der Waals surface area contributed by atoms with Crippen LogP contribution in [0.2, 0.25) is 0 Å². The van der Waals surface area contributed by atoms with E-state index in [1.54, 1.807) is 13.3 Å². The van der Waals surface area contributed by atoms with Gasteiger partial charge in [-0.25, -0.2) is 0 Å². The van der Waals surface area contributed by atoms with Crippen LogP contribution in [0.5, 0.6) is 0 Å². The van der Waals surface area contributed by atoms with Gasteiger partial charge in [0.1, 0.15) is 5.76 Å². The van der Waals surface area contributed by atoms with Crippen molar-refractivity contribution in [2.45, 2.75) is 38.1 Å². The van der Waals surface area contributed by atoms with Crippen molar-refractivity contribution in [2.24, 2.45) is 4.99 Å². The van der Waals surface area contributed by atoms with E-state index in [1.165, 1.54) is 11.1 Å². The topological polar surface area (TPSA) is 78.7 Å². The van der Waals surface area contributed by atoms with Crippen LogP contribution in [0.3, 0.4) is 0 Å². The molecular formula is C27H32N4O2. The lowest BCUT2D eigenvalue weighted by Gasteiger charge is -2.27. The number of furan rings is 1. The second-order valence-electron chi connectivity index (χ2n) is 8.37. The number of hydrogen-bond donors (Lipinski definition) is 3. The van der Waals surface area contributed by atoms with E-state index in [0.29, 0.717) is 18.2 Å². The molecule has 0 saturated heterocycles. The van der Waals surface area contributed by atoms with E-state index in [4.69, 9.17) is 9.41 Å². The lowest BCUT2D eigenvalue weighted by Crippen LogP contribution is -2.46. The first-order valence-corrected chi connectivity index (χ1v) is 11.7. The highest BCUT2D eigenvalue weighted by molar-refractivity contribution is 5.94. The Labute approximate surface area is 195 Å². The van der Waals surface area contributed by atoms with Gasteiger partial charge in [-0.05, 0) is 66.6 Å². The second kappa shape index (κ2) is 11.4. The first kappa shape index (κ1) is 22.6. The van der Waals surface area contributed by atoms with Gasteiger partial charge in [0.2, 0.25) is 0 Å². The second-order valence-corrected chi connectivity index (χ2v) is 8.37. The third-order valence-electron chi connectivity index (χ3n) is 6.02. The van der Waals surface area contributed by atoms with Crippen molar-refractivity contribution >= 4 is 11.9 Å². The van der Waals surface area contributed by atoms with Crippen molar-refractivity contribution in [1.82, 2.24) is 16.0 Å². The van der Waals surface area contributed by atoms with Crippen LogP contribution in [-0.2, 0) is 25.7 Å². The van der Waals surface area contributed by atoms with Gasteiger partial charge in [-0.3, -0.25) is 9.79 Å². The summed E-state index contributed by atoms with van der Waals surface area (Å²) in [5.74, 6) is 1.70. The van der Waals surface area contributed by atoms with E-state index in [1.807, 2.05) is 36.4 Å². The van der Waals surface area contributed by atoms with E-state index < -0.39 is 0 Å². The number of carbonyl (C=O) groups excluding carboxylic acids is 1. The molecule has 0 spiro atoms. The van der Waals surface area contributed by atoms with Gasteiger partial charge < -0.3 is 20.4 Å². The maximum absolute atomic E-state index is 11.9. The molecule has 0 saturated carbocycles. The molecule has 1 aliphatic carbocycles. The molecule has 4 rings (SSSR count). The minimum Gasteiger partial charge on any atom is -0.469 e. The van der Waals surface area contributed by atoms with Crippen molar-refractivity contribution in [3.8, 4) is 0 Å². The third kappa shape index (κ3) is 6.48. The van der Waals surface area contributed by atoms with Crippen LogP contribution in [0.4, 0.5) is 0 Å². The average molecular weight is 445 g/mol. The molecule has 1 atom stereocenters. The van der Waals surface area contributed by atoms with Gasteiger partial charge in [0, 0.05) is 38.2 Å². The van der Waals surface area contributed by atoms with Gasteiger partial charge in [0.05, 0.1) is 6.26 Å². The molecule has 0 radical (unpaired) electrons. The molecule has 172 valence electrons. The summed E-state index contributed by atoms with van der Waals surface area (Å²) < 4.78 is 5.44. The zero-order valence-electron chi connectivity index (χ0n) is 19.1. The number of guanidine groups is 1. The number of nitrogens with zero attached hydrogens (tertiary/aromatic N) is 1. The third-order valence-corrected chi connectivity index (χ3v) is 6.02. The normalized spacial score (nSPS) is 15.5. The van der Waals surface area contributed by atoms with Crippen LogP contribution in [0, 0.1) is 0 Å². The molecule has 33 heavy (non-hydrogen) atoms. The molecule has 0 bridgehead atoms. The van der Waals surface area contributed by atoms with Crippen molar-refractivity contribution in [1.29, 1.82) is 0 Å². The lowest BCUT2D eigenvalue weighted by atomic mass is 9.88. The van der Waals surface area contributed by atoms with Gasteiger partial charge in [-0.2, -0.15) is 0 Å². The molecule has 1 heterocycles. The van der Waals surface area contributed by atoms with Gasteiger partial charge >= 0.3 is 0 Å². The number of benzene rings is 2. The fourth-order valence-electron chi connectivity index (χ4n) is 4.24. The van der Waals surface area contributed by atoms with Crippen LogP contribution in [0.1, 0.15) is 39.2 Å². The number of aliphatic imine (C=N–C) groups is 1. The molecule has 3 N–H and O–H groups in total. The number of hydrogen-bond acceptors (Lipinski definition) is 3. The van der Waals surface area contributed by atoms with Crippen LogP contribution in [0.15, 0.2) is 76.3 Å². The van der Waals surface area contributed by atoms with Crippen molar-refractivity contribution in [2.75, 3.05) is 20.1 Å². The molecule has 6 heteroatoms. The first-order chi connectivity index (χ1) is 16.2. The Morgan fingerprint density at radius 1 is 1.06 bits per heavy atom. The van der Waals surface area contributed by atoms with Crippen molar-refractivity contribution < 1.29 is 9.21 Å². The van der Waals surface area contributed by atoms with Gasteiger partial charge in [0.15, 0.2) is 5.96 Å². The number of amides is 1. The Hall–Kier alpha value is -3.54. The summed E-state index contributed by atoms with van der Waals surface area (Å²) in [4.78, 5) is 16.7. The van der Waals surface area contributed by atoms with E-state index in [0.717, 1.165) is 55.9 Å². The smallest absolute Gasteiger partial charge is 0.251 e. The Morgan fingerprint density at radius 3 is 2.76 bits per heavy atom. The van der Waals surface area contributed by atoms with Crippen molar-refractivity contribution in [3.63, 3.8) is 0 Å². The monoisotopic (exact) mass is 444 g/mol. The summed E-state index contributed by atoms with van der Waals surface area (Å²) in [6.07, 6.45) is 6.44. The summed E-state index contributed by atoms with van der Waals surface area (Å²) >= 11 is 0. The highest BCUT2D eigenvalue weighted by atomic mass is 16.3. The molecule has 6 nitrogen and oxygen atoms in total. The number of fused-ring (bicyclic) bond motifs is 1. The lowest BCUT2D eigenvalue weighted by molar-refractivity contribution is 0.0963. The predicted octanol–water partition coefficient (Wildman–Crippen LogP) is 3.52. The summed E-state index contributed by atoms with van der Waals surface area (Å²) in [5.41, 5.74) is 4.67. The first-order valence-electron chi connectivity index (χ1n) is 11.7. The average Bonchev–Trinajstić information content (AvgIpc) is 3.37. The molecule has 1 aliphatic rings. The number of nitrogens with one attached hydrogen (secondary N) is 3. The maximum atomic E-state index is 11.9. The van der Waals surface area contributed by atoms with Crippen LogP contribution in [0.25, 0.3) is 0 Å². The van der Waals surface area contributed by atoms with Crippen LogP contribution < -0.4 is 16.0 Å². The fourth-order valence-corrected chi connectivity index (χ4v) is 4.24. The molecule has 0 aliphatic heterocycles. The SMILES string of the molecule is CNC(=O)c1cccc(CCNC(=NCCc2ccco2)NC2CCc3ccccc3C2)c1. The molecule has 1 aromatic heterocycles. The minimum absolute atomic E-state index is 0.0655. The molecule has 1 unspecified atom stereocenters. The highest BCUT2D eigenvalue weighted by Gasteiger charge is 2.19. The summed E-state index contributed by atoms with van der Waals surface area (Å²) in [6, 6.07) is 20.7. The Kier molecular flexibility index (Phi) is 7.80. The summed E-state index contributed by atoms with van der Waals surface area (Å²) in [6.45, 7) is 1.38. The Bertz CT molecular complexity index is 1080. The molecule has 3 aromatic rings.